The molecular weight excluding hydrogens is 342 g/mol. The molecule has 0 saturated carbocycles. The number of hydrogen-bond donors (Lipinski definition) is 2. The van der Waals surface area contributed by atoms with Crippen LogP contribution in [0.2, 0.25) is 5.04 Å². The largest absolute Gasteiger partial charge is 0.480 e. The number of rotatable bonds is 5. The molecule has 4 nitrogen and oxygen atoms in total. The maximum atomic E-state index is 11.7. The average Bonchev–Trinajstić information content (AvgIpc) is 3.08. The van der Waals surface area contributed by atoms with E-state index < -0.39 is 20.3 Å². The molecule has 0 amide bonds. The van der Waals surface area contributed by atoms with Crippen LogP contribution in [0.5, 0.6) is 0 Å². The van der Waals surface area contributed by atoms with Gasteiger partial charge in [0.2, 0.25) is 0 Å². The molecule has 26 heavy (non-hydrogen) atoms. The number of benzene rings is 2. The van der Waals surface area contributed by atoms with Gasteiger partial charge in [-0.15, -0.1) is 0 Å². The monoisotopic (exact) mass is 369 g/mol. The van der Waals surface area contributed by atoms with Crippen LogP contribution >= 0.6 is 0 Å². The van der Waals surface area contributed by atoms with Gasteiger partial charge in [0.15, 0.2) is 0 Å². The first-order chi connectivity index (χ1) is 12.4. The molecule has 2 aromatic rings. The second-order valence-corrected chi connectivity index (χ2v) is 12.1. The molecule has 1 aliphatic heterocycles. The summed E-state index contributed by atoms with van der Waals surface area (Å²) in [5, 5.41) is 14.9. The van der Waals surface area contributed by atoms with E-state index in [0.29, 0.717) is 13.0 Å². The molecule has 0 unspecified atom stereocenters. The minimum absolute atomic E-state index is 0.151. The summed E-state index contributed by atoms with van der Waals surface area (Å²) in [7, 11) is -2.71. The van der Waals surface area contributed by atoms with Crippen molar-refractivity contribution in [2.24, 2.45) is 0 Å². The highest BCUT2D eigenvalue weighted by Gasteiger charge is 2.53. The van der Waals surface area contributed by atoms with E-state index in [9.17, 15) is 9.90 Å². The Kier molecular flexibility index (Phi) is 5.32. The average molecular weight is 370 g/mol. The molecule has 0 bridgehead atoms. The van der Waals surface area contributed by atoms with E-state index in [1.807, 2.05) is 36.4 Å². The Labute approximate surface area is 156 Å². The first-order valence-electron chi connectivity index (χ1n) is 9.11. The predicted molar refractivity (Wildman–Crippen MR) is 107 cm³/mol. The highest BCUT2D eigenvalue weighted by atomic mass is 28.4. The number of aliphatic carboxylic acids is 1. The summed E-state index contributed by atoms with van der Waals surface area (Å²) in [5.41, 5.74) is 0. The van der Waals surface area contributed by atoms with Crippen molar-refractivity contribution in [2.45, 2.75) is 44.4 Å². The van der Waals surface area contributed by atoms with E-state index in [1.54, 1.807) is 0 Å². The molecule has 138 valence electrons. The number of carbonyl (C=O) groups is 1. The molecule has 1 aliphatic rings. The van der Waals surface area contributed by atoms with Crippen LogP contribution in [-0.4, -0.2) is 38.1 Å². The standard InChI is InChI=1S/C21H27NO3Si/c1-21(2,3)26(16-10-6-4-7-11-16,17-12-8-5-9-13-17)25-18-14-15-22-19(18)20(23)24/h4-13,18-19,22H,14-15H2,1-3H3,(H,23,24)/t18-,19-/m0/s1. The van der Waals surface area contributed by atoms with Crippen molar-refractivity contribution in [3.05, 3.63) is 60.7 Å². The third-order valence-corrected chi connectivity index (χ3v) is 10.2. The van der Waals surface area contributed by atoms with E-state index in [1.165, 1.54) is 10.4 Å². The fourth-order valence-corrected chi connectivity index (χ4v) is 8.69. The predicted octanol–water partition coefficient (Wildman–Crippen LogP) is 2.38. The molecule has 2 aromatic carbocycles. The maximum absolute atomic E-state index is 11.7. The zero-order chi connectivity index (χ0) is 18.8. The van der Waals surface area contributed by atoms with Crippen LogP contribution in [0.15, 0.2) is 60.7 Å². The molecule has 1 heterocycles. The lowest BCUT2D eigenvalue weighted by Gasteiger charge is -2.45. The summed E-state index contributed by atoms with van der Waals surface area (Å²) in [6.45, 7) is 7.28. The molecule has 0 spiro atoms. The minimum Gasteiger partial charge on any atom is -0.480 e. The van der Waals surface area contributed by atoms with E-state index in [2.05, 4.69) is 50.4 Å². The third kappa shape index (κ3) is 3.34. The number of carboxylic acid groups (broad SMARTS) is 1. The lowest BCUT2D eigenvalue weighted by Crippen LogP contribution is -2.68. The van der Waals surface area contributed by atoms with Gasteiger partial charge in [0.1, 0.15) is 6.04 Å². The maximum Gasteiger partial charge on any atom is 0.323 e. The second-order valence-electron chi connectivity index (χ2n) is 7.88. The van der Waals surface area contributed by atoms with Crippen molar-refractivity contribution < 1.29 is 14.3 Å². The summed E-state index contributed by atoms with van der Waals surface area (Å²) in [6, 6.07) is 20.0. The van der Waals surface area contributed by atoms with Gasteiger partial charge in [0.25, 0.3) is 8.32 Å². The van der Waals surface area contributed by atoms with Crippen LogP contribution in [0, 0.1) is 0 Å². The normalized spacial score (nSPS) is 20.9. The van der Waals surface area contributed by atoms with Crippen LogP contribution < -0.4 is 15.7 Å². The van der Waals surface area contributed by atoms with Gasteiger partial charge >= 0.3 is 5.97 Å². The Balaban J connectivity index is 2.16. The first kappa shape index (κ1) is 18.8. The summed E-state index contributed by atoms with van der Waals surface area (Å²) in [5.74, 6) is -0.842. The van der Waals surface area contributed by atoms with E-state index in [-0.39, 0.29) is 11.1 Å². The lowest BCUT2D eigenvalue weighted by molar-refractivity contribution is -0.141. The zero-order valence-corrected chi connectivity index (χ0v) is 16.6. The molecule has 1 fully saturated rings. The Hall–Kier alpha value is -1.95. The SMILES string of the molecule is CC(C)(C)[Si](O[C@H]1CCN[C@@H]1C(=O)O)(c1ccccc1)c1ccccc1. The molecule has 3 rings (SSSR count). The van der Waals surface area contributed by atoms with Crippen LogP contribution in [0.4, 0.5) is 0 Å². The van der Waals surface area contributed by atoms with Gasteiger partial charge in [0, 0.05) is 0 Å². The molecule has 5 heteroatoms. The highest BCUT2D eigenvalue weighted by Crippen LogP contribution is 2.38. The van der Waals surface area contributed by atoms with Gasteiger partial charge in [-0.3, -0.25) is 4.79 Å². The topological polar surface area (TPSA) is 58.6 Å². The van der Waals surface area contributed by atoms with Gasteiger partial charge in [-0.05, 0) is 28.4 Å². The van der Waals surface area contributed by atoms with Crippen LogP contribution in [0.25, 0.3) is 0 Å². The Bertz CT molecular complexity index is 703. The number of hydrogen-bond acceptors (Lipinski definition) is 3. The molecule has 2 atom stereocenters. The number of carboxylic acids is 1. The van der Waals surface area contributed by atoms with Crippen molar-refractivity contribution in [1.29, 1.82) is 0 Å². The van der Waals surface area contributed by atoms with E-state index in [4.69, 9.17) is 4.43 Å². The van der Waals surface area contributed by atoms with Gasteiger partial charge in [-0.25, -0.2) is 0 Å². The fourth-order valence-electron chi connectivity index (χ4n) is 3.97. The molecule has 0 aromatic heterocycles. The van der Waals surface area contributed by atoms with Gasteiger partial charge in [-0.2, -0.15) is 0 Å². The van der Waals surface area contributed by atoms with Crippen LogP contribution in [0.1, 0.15) is 27.2 Å². The van der Waals surface area contributed by atoms with Crippen molar-refractivity contribution in [3.63, 3.8) is 0 Å². The molecule has 0 aliphatic carbocycles. The first-order valence-corrected chi connectivity index (χ1v) is 11.0. The smallest absolute Gasteiger partial charge is 0.323 e. The van der Waals surface area contributed by atoms with Crippen LogP contribution in [-0.2, 0) is 9.22 Å². The lowest BCUT2D eigenvalue weighted by atomic mass is 10.2. The highest BCUT2D eigenvalue weighted by molar-refractivity contribution is 6.99. The summed E-state index contributed by atoms with van der Waals surface area (Å²) in [4.78, 5) is 11.7. The van der Waals surface area contributed by atoms with Gasteiger partial charge in [-0.1, -0.05) is 81.4 Å². The fraction of sp³-hybridized carbons (Fsp3) is 0.381. The van der Waals surface area contributed by atoms with Crippen molar-refractivity contribution >= 4 is 24.7 Å². The van der Waals surface area contributed by atoms with Gasteiger partial charge < -0.3 is 14.8 Å². The van der Waals surface area contributed by atoms with E-state index in [0.717, 1.165) is 0 Å². The van der Waals surface area contributed by atoms with Crippen molar-refractivity contribution in [3.8, 4) is 0 Å². The summed E-state index contributed by atoms with van der Waals surface area (Å²) in [6.07, 6.45) is 0.375. The Morgan fingerprint density at radius 2 is 1.54 bits per heavy atom. The minimum atomic E-state index is -2.71. The molecular formula is C21H27NO3Si. The quantitative estimate of drug-likeness (QED) is 0.795. The molecule has 0 radical (unpaired) electrons. The summed E-state index contributed by atoms with van der Waals surface area (Å²) < 4.78 is 6.91. The van der Waals surface area contributed by atoms with Gasteiger partial charge in [0.05, 0.1) is 6.10 Å². The second kappa shape index (κ2) is 7.35. The third-order valence-electron chi connectivity index (χ3n) is 5.18. The van der Waals surface area contributed by atoms with E-state index >= 15 is 0 Å². The molecule has 2 N–H and O–H groups in total. The Morgan fingerprint density at radius 3 is 1.96 bits per heavy atom. The van der Waals surface area contributed by atoms with Crippen LogP contribution in [0.3, 0.4) is 0 Å². The molecule has 1 saturated heterocycles. The number of nitrogens with one attached hydrogen (secondary N) is 1. The summed E-state index contributed by atoms with van der Waals surface area (Å²) >= 11 is 0. The Morgan fingerprint density at radius 1 is 1.04 bits per heavy atom. The zero-order valence-electron chi connectivity index (χ0n) is 15.6. The van der Waals surface area contributed by atoms with Crippen molar-refractivity contribution in [1.82, 2.24) is 5.32 Å². The van der Waals surface area contributed by atoms with Crippen molar-refractivity contribution in [2.75, 3.05) is 6.54 Å².